The van der Waals surface area contributed by atoms with Gasteiger partial charge in [0.2, 0.25) is 0 Å². The third-order valence-electron chi connectivity index (χ3n) is 4.19. The number of aryl methyl sites for hydroxylation is 3. The number of benzene rings is 2. The lowest BCUT2D eigenvalue weighted by molar-refractivity contribution is 0.102. The lowest BCUT2D eigenvalue weighted by Gasteiger charge is -2.11. The summed E-state index contributed by atoms with van der Waals surface area (Å²) in [6, 6.07) is 15.1. The quantitative estimate of drug-likeness (QED) is 0.682. The van der Waals surface area contributed by atoms with Crippen LogP contribution in [-0.2, 0) is 10.0 Å². The number of hydrogen-bond acceptors (Lipinski definition) is 4. The lowest BCUT2D eigenvalue weighted by Crippen LogP contribution is -2.15. The number of aromatic nitrogens is 1. The van der Waals surface area contributed by atoms with Crippen molar-refractivity contribution < 1.29 is 13.2 Å². The standard InChI is InChI=1S/C21H21N3O3S/c1-14-4-6-16(3)19(12-14)28(26,27)24-18-9-7-17(8-10-18)21(25)23-20-11-5-15(2)13-22-20/h4-13,24H,1-3H3,(H,22,23,25). The van der Waals surface area contributed by atoms with Crippen LogP contribution in [0.25, 0.3) is 0 Å². The van der Waals surface area contributed by atoms with E-state index in [9.17, 15) is 13.2 Å². The maximum Gasteiger partial charge on any atom is 0.262 e. The van der Waals surface area contributed by atoms with E-state index in [1.54, 1.807) is 55.6 Å². The highest BCUT2D eigenvalue weighted by Gasteiger charge is 2.17. The van der Waals surface area contributed by atoms with E-state index < -0.39 is 10.0 Å². The van der Waals surface area contributed by atoms with Gasteiger partial charge in [-0.05, 0) is 73.9 Å². The first kappa shape index (κ1) is 19.6. The second-order valence-electron chi connectivity index (χ2n) is 6.63. The molecule has 0 spiro atoms. The van der Waals surface area contributed by atoms with Crippen LogP contribution in [0.4, 0.5) is 11.5 Å². The molecule has 3 rings (SSSR count). The largest absolute Gasteiger partial charge is 0.307 e. The number of carbonyl (C=O) groups is 1. The van der Waals surface area contributed by atoms with Crippen LogP contribution in [0.15, 0.2) is 65.7 Å². The van der Waals surface area contributed by atoms with Crippen molar-refractivity contribution in [3.63, 3.8) is 0 Å². The highest BCUT2D eigenvalue weighted by molar-refractivity contribution is 7.92. The Morgan fingerprint density at radius 2 is 1.57 bits per heavy atom. The van der Waals surface area contributed by atoms with Crippen LogP contribution in [0, 0.1) is 20.8 Å². The van der Waals surface area contributed by atoms with Crippen molar-refractivity contribution in [1.82, 2.24) is 4.98 Å². The molecular weight excluding hydrogens is 374 g/mol. The molecule has 0 saturated heterocycles. The molecule has 6 nitrogen and oxygen atoms in total. The first-order chi connectivity index (χ1) is 13.2. The van der Waals surface area contributed by atoms with E-state index in [-0.39, 0.29) is 10.8 Å². The molecule has 0 aliphatic rings. The lowest BCUT2D eigenvalue weighted by atomic mass is 10.2. The molecule has 1 aromatic heterocycles. The van der Waals surface area contributed by atoms with Gasteiger partial charge in [-0.15, -0.1) is 0 Å². The third-order valence-corrected chi connectivity index (χ3v) is 5.71. The molecule has 0 aliphatic heterocycles. The highest BCUT2D eigenvalue weighted by atomic mass is 32.2. The predicted octanol–water partition coefficient (Wildman–Crippen LogP) is 4.06. The Bertz CT molecular complexity index is 1110. The number of anilines is 2. The number of hydrogen-bond donors (Lipinski definition) is 2. The zero-order chi connectivity index (χ0) is 20.3. The number of nitrogens with zero attached hydrogens (tertiary/aromatic N) is 1. The monoisotopic (exact) mass is 395 g/mol. The number of nitrogens with one attached hydrogen (secondary N) is 2. The van der Waals surface area contributed by atoms with Gasteiger partial charge in [0.25, 0.3) is 15.9 Å². The molecule has 3 aromatic rings. The fraction of sp³-hybridized carbons (Fsp3) is 0.143. The molecular formula is C21H21N3O3S. The summed E-state index contributed by atoms with van der Waals surface area (Å²) in [4.78, 5) is 16.7. The van der Waals surface area contributed by atoms with Gasteiger partial charge >= 0.3 is 0 Å². The summed E-state index contributed by atoms with van der Waals surface area (Å²) < 4.78 is 27.9. The number of sulfonamides is 1. The Labute approximate surface area is 164 Å². The Balaban J connectivity index is 1.74. The van der Waals surface area contributed by atoms with Gasteiger partial charge in [-0.3, -0.25) is 9.52 Å². The molecule has 2 N–H and O–H groups in total. The summed E-state index contributed by atoms with van der Waals surface area (Å²) in [7, 11) is -3.71. The molecule has 0 fully saturated rings. The zero-order valence-electron chi connectivity index (χ0n) is 15.9. The van der Waals surface area contributed by atoms with Gasteiger partial charge in [0.05, 0.1) is 4.90 Å². The minimum atomic E-state index is -3.71. The van der Waals surface area contributed by atoms with E-state index >= 15 is 0 Å². The summed E-state index contributed by atoms with van der Waals surface area (Å²) in [6.45, 7) is 5.51. The summed E-state index contributed by atoms with van der Waals surface area (Å²) >= 11 is 0. The van der Waals surface area contributed by atoms with Gasteiger partial charge < -0.3 is 5.32 Å². The Morgan fingerprint density at radius 1 is 0.893 bits per heavy atom. The molecule has 0 radical (unpaired) electrons. The Hall–Kier alpha value is -3.19. The first-order valence-electron chi connectivity index (χ1n) is 8.69. The van der Waals surface area contributed by atoms with Gasteiger partial charge in [-0.1, -0.05) is 18.2 Å². The maximum absolute atomic E-state index is 12.7. The minimum absolute atomic E-state index is 0.236. The second kappa shape index (κ2) is 7.82. The molecule has 0 saturated carbocycles. The van der Waals surface area contributed by atoms with E-state index in [0.29, 0.717) is 22.6 Å². The summed E-state index contributed by atoms with van der Waals surface area (Å²) in [5, 5.41) is 2.70. The summed E-state index contributed by atoms with van der Waals surface area (Å²) in [5.41, 5.74) is 3.31. The smallest absolute Gasteiger partial charge is 0.262 e. The fourth-order valence-electron chi connectivity index (χ4n) is 2.63. The van der Waals surface area contributed by atoms with Crippen molar-refractivity contribution in [2.75, 3.05) is 10.0 Å². The number of carbonyl (C=O) groups excluding carboxylic acids is 1. The van der Waals surface area contributed by atoms with E-state index in [1.807, 2.05) is 26.0 Å². The van der Waals surface area contributed by atoms with Gasteiger partial charge in [-0.2, -0.15) is 0 Å². The molecule has 0 unspecified atom stereocenters. The summed E-state index contributed by atoms with van der Waals surface area (Å²) in [5.74, 6) is 0.135. The van der Waals surface area contributed by atoms with Crippen molar-refractivity contribution in [1.29, 1.82) is 0 Å². The Kier molecular flexibility index (Phi) is 5.46. The van der Waals surface area contributed by atoms with E-state index in [0.717, 1.165) is 11.1 Å². The molecule has 0 atom stereocenters. The number of amides is 1. The van der Waals surface area contributed by atoms with Gasteiger partial charge in [-0.25, -0.2) is 13.4 Å². The highest BCUT2D eigenvalue weighted by Crippen LogP contribution is 2.21. The Morgan fingerprint density at radius 3 is 2.21 bits per heavy atom. The molecule has 144 valence electrons. The molecule has 1 heterocycles. The van der Waals surface area contributed by atoms with Crippen molar-refractivity contribution >= 4 is 27.4 Å². The van der Waals surface area contributed by atoms with Crippen molar-refractivity contribution in [2.24, 2.45) is 0 Å². The third kappa shape index (κ3) is 4.55. The van der Waals surface area contributed by atoms with Crippen LogP contribution in [0.1, 0.15) is 27.0 Å². The first-order valence-corrected chi connectivity index (χ1v) is 10.2. The molecule has 0 bridgehead atoms. The van der Waals surface area contributed by atoms with Crippen LogP contribution in [-0.4, -0.2) is 19.3 Å². The molecule has 7 heteroatoms. The van der Waals surface area contributed by atoms with E-state index in [2.05, 4.69) is 15.0 Å². The van der Waals surface area contributed by atoms with Crippen LogP contribution in [0.3, 0.4) is 0 Å². The predicted molar refractivity (Wildman–Crippen MR) is 110 cm³/mol. The van der Waals surface area contributed by atoms with Crippen LogP contribution >= 0.6 is 0 Å². The molecule has 1 amide bonds. The van der Waals surface area contributed by atoms with E-state index in [4.69, 9.17) is 0 Å². The minimum Gasteiger partial charge on any atom is -0.307 e. The van der Waals surface area contributed by atoms with Gasteiger partial charge in [0.15, 0.2) is 0 Å². The summed E-state index contributed by atoms with van der Waals surface area (Å²) in [6.07, 6.45) is 1.67. The second-order valence-corrected chi connectivity index (χ2v) is 8.28. The topological polar surface area (TPSA) is 88.2 Å². The van der Waals surface area contributed by atoms with Gasteiger partial charge in [0, 0.05) is 17.4 Å². The molecule has 0 aliphatic carbocycles. The number of pyridine rings is 1. The average molecular weight is 395 g/mol. The zero-order valence-corrected chi connectivity index (χ0v) is 16.7. The van der Waals surface area contributed by atoms with Crippen molar-refractivity contribution in [3.05, 3.63) is 83.0 Å². The van der Waals surface area contributed by atoms with E-state index in [1.165, 1.54) is 0 Å². The van der Waals surface area contributed by atoms with Crippen LogP contribution < -0.4 is 10.0 Å². The fourth-order valence-corrected chi connectivity index (χ4v) is 4.02. The SMILES string of the molecule is Cc1ccc(NC(=O)c2ccc(NS(=O)(=O)c3cc(C)ccc3C)cc2)nc1. The van der Waals surface area contributed by atoms with Crippen molar-refractivity contribution in [2.45, 2.75) is 25.7 Å². The molecule has 28 heavy (non-hydrogen) atoms. The van der Waals surface area contributed by atoms with Crippen LogP contribution in [0.5, 0.6) is 0 Å². The average Bonchev–Trinajstić information content (AvgIpc) is 2.65. The van der Waals surface area contributed by atoms with Gasteiger partial charge in [0.1, 0.15) is 5.82 Å². The number of rotatable bonds is 5. The van der Waals surface area contributed by atoms with Crippen LogP contribution in [0.2, 0.25) is 0 Å². The maximum atomic E-state index is 12.7. The molecule has 2 aromatic carbocycles. The van der Waals surface area contributed by atoms with Crippen molar-refractivity contribution in [3.8, 4) is 0 Å². The normalized spacial score (nSPS) is 11.1.